The van der Waals surface area contributed by atoms with E-state index < -0.39 is 24.5 Å². The Balaban J connectivity index is 2.90. The number of halogens is 4. The second-order valence-corrected chi connectivity index (χ2v) is 4.21. The molecule has 2 nitrogen and oxygen atoms in total. The lowest BCUT2D eigenvalue weighted by atomic mass is 10.0. The maximum Gasteiger partial charge on any atom is 0.391 e. The van der Waals surface area contributed by atoms with Gasteiger partial charge in [-0.1, -0.05) is 24.3 Å². The summed E-state index contributed by atoms with van der Waals surface area (Å²) in [6.07, 6.45) is -5.43. The van der Waals surface area contributed by atoms with Crippen molar-refractivity contribution in [3.63, 3.8) is 0 Å². The number of hydrogen-bond acceptors (Lipinski definition) is 1. The number of nitrogens with one attached hydrogen (secondary N) is 1. The van der Waals surface area contributed by atoms with Crippen molar-refractivity contribution >= 4 is 17.5 Å². The van der Waals surface area contributed by atoms with Crippen LogP contribution in [0.3, 0.4) is 0 Å². The van der Waals surface area contributed by atoms with Gasteiger partial charge >= 0.3 is 6.18 Å². The normalized spacial score (nSPS) is 13.2. The maximum absolute atomic E-state index is 12.4. The van der Waals surface area contributed by atoms with Crippen LogP contribution in [0.15, 0.2) is 24.3 Å². The van der Waals surface area contributed by atoms with Gasteiger partial charge in [0, 0.05) is 12.8 Å². The van der Waals surface area contributed by atoms with Gasteiger partial charge in [0.05, 0.1) is 12.5 Å². The molecule has 1 rings (SSSR count). The zero-order chi connectivity index (χ0) is 13.8. The minimum atomic E-state index is -4.34. The average Bonchev–Trinajstić information content (AvgIpc) is 2.26. The van der Waals surface area contributed by atoms with E-state index in [0.29, 0.717) is 11.4 Å². The number of rotatable bonds is 4. The molecule has 1 amide bonds. The van der Waals surface area contributed by atoms with Crippen molar-refractivity contribution in [1.82, 2.24) is 5.32 Å². The standard InChI is InChI=1S/C12H13ClF3NO/c1-8(18)17-11(6-12(14,15)16)10-4-2-9(7-13)3-5-10/h2-5,11H,6-7H2,1H3,(H,17,18). The summed E-state index contributed by atoms with van der Waals surface area (Å²) in [4.78, 5) is 10.9. The van der Waals surface area contributed by atoms with E-state index in [0.717, 1.165) is 5.56 Å². The van der Waals surface area contributed by atoms with Gasteiger partial charge in [0.25, 0.3) is 0 Å². The number of amides is 1. The Labute approximate surface area is 108 Å². The summed E-state index contributed by atoms with van der Waals surface area (Å²) in [6.45, 7) is 1.19. The van der Waals surface area contributed by atoms with Gasteiger partial charge in [-0.15, -0.1) is 11.6 Å². The first kappa shape index (κ1) is 14.8. The molecular formula is C12H13ClF3NO. The molecule has 0 spiro atoms. The number of hydrogen-bond donors (Lipinski definition) is 1. The molecule has 1 aromatic rings. The molecule has 0 heterocycles. The fourth-order valence-corrected chi connectivity index (χ4v) is 1.75. The lowest BCUT2D eigenvalue weighted by Crippen LogP contribution is -2.30. The lowest BCUT2D eigenvalue weighted by Gasteiger charge is -2.20. The maximum atomic E-state index is 12.4. The zero-order valence-electron chi connectivity index (χ0n) is 9.72. The fraction of sp³-hybridized carbons (Fsp3) is 0.417. The molecule has 0 saturated heterocycles. The lowest BCUT2D eigenvalue weighted by molar-refractivity contribution is -0.142. The topological polar surface area (TPSA) is 29.1 Å². The molecule has 0 aromatic heterocycles. The van der Waals surface area contributed by atoms with Gasteiger partial charge < -0.3 is 5.32 Å². The van der Waals surface area contributed by atoms with E-state index in [1.54, 1.807) is 24.3 Å². The van der Waals surface area contributed by atoms with Gasteiger partial charge in [0.2, 0.25) is 5.91 Å². The molecule has 0 aliphatic heterocycles. The average molecular weight is 280 g/mol. The predicted molar refractivity (Wildman–Crippen MR) is 63.2 cm³/mol. The molecule has 6 heteroatoms. The largest absolute Gasteiger partial charge is 0.391 e. The number of carbonyl (C=O) groups is 1. The second-order valence-electron chi connectivity index (χ2n) is 3.95. The molecule has 18 heavy (non-hydrogen) atoms. The highest BCUT2D eigenvalue weighted by atomic mass is 35.5. The van der Waals surface area contributed by atoms with Crippen LogP contribution < -0.4 is 5.32 Å². The van der Waals surface area contributed by atoms with E-state index in [1.165, 1.54) is 6.92 Å². The van der Waals surface area contributed by atoms with Crippen LogP contribution in [0.1, 0.15) is 30.5 Å². The molecule has 0 saturated carbocycles. The van der Waals surface area contributed by atoms with Crippen LogP contribution >= 0.6 is 11.6 Å². The smallest absolute Gasteiger partial charge is 0.349 e. The van der Waals surface area contributed by atoms with E-state index in [9.17, 15) is 18.0 Å². The van der Waals surface area contributed by atoms with Crippen molar-refractivity contribution in [1.29, 1.82) is 0 Å². The van der Waals surface area contributed by atoms with Gasteiger partial charge in [0.1, 0.15) is 0 Å². The van der Waals surface area contributed by atoms with Crippen LogP contribution in [0, 0.1) is 0 Å². The van der Waals surface area contributed by atoms with Crippen molar-refractivity contribution < 1.29 is 18.0 Å². The Morgan fingerprint density at radius 2 is 1.89 bits per heavy atom. The molecule has 100 valence electrons. The summed E-state index contributed by atoms with van der Waals surface area (Å²) in [5.41, 5.74) is 1.23. The van der Waals surface area contributed by atoms with Crippen molar-refractivity contribution in [2.45, 2.75) is 31.4 Å². The quantitative estimate of drug-likeness (QED) is 0.839. The minimum absolute atomic E-state index is 0.296. The van der Waals surface area contributed by atoms with E-state index in [1.807, 2.05) is 0 Å². The van der Waals surface area contributed by atoms with E-state index in [2.05, 4.69) is 5.32 Å². The van der Waals surface area contributed by atoms with Crippen molar-refractivity contribution in [3.8, 4) is 0 Å². The van der Waals surface area contributed by atoms with E-state index >= 15 is 0 Å². The van der Waals surface area contributed by atoms with Crippen LogP contribution in [0.5, 0.6) is 0 Å². The summed E-state index contributed by atoms with van der Waals surface area (Å²) in [6, 6.07) is 5.32. The second kappa shape index (κ2) is 6.09. The predicted octanol–water partition coefficient (Wildman–Crippen LogP) is 3.56. The highest BCUT2D eigenvalue weighted by molar-refractivity contribution is 6.17. The molecule has 1 aromatic carbocycles. The molecule has 0 aliphatic rings. The number of benzene rings is 1. The molecule has 1 unspecified atom stereocenters. The van der Waals surface area contributed by atoms with Crippen molar-refractivity contribution in [3.05, 3.63) is 35.4 Å². The highest BCUT2D eigenvalue weighted by Crippen LogP contribution is 2.29. The van der Waals surface area contributed by atoms with Gasteiger partial charge in [-0.25, -0.2) is 0 Å². The van der Waals surface area contributed by atoms with Crippen molar-refractivity contribution in [2.75, 3.05) is 0 Å². The summed E-state index contributed by atoms with van der Waals surface area (Å²) >= 11 is 5.60. The van der Waals surface area contributed by atoms with Gasteiger partial charge in [-0.3, -0.25) is 4.79 Å². The first-order valence-corrected chi connectivity index (χ1v) is 5.84. The van der Waals surface area contributed by atoms with Crippen molar-refractivity contribution in [2.24, 2.45) is 0 Å². The SMILES string of the molecule is CC(=O)NC(CC(F)(F)F)c1ccc(CCl)cc1. The van der Waals surface area contributed by atoms with Crippen LogP contribution in [0.25, 0.3) is 0 Å². The van der Waals surface area contributed by atoms with Crippen LogP contribution in [0.4, 0.5) is 13.2 Å². The van der Waals surface area contributed by atoms with Gasteiger partial charge in [0.15, 0.2) is 0 Å². The molecule has 1 N–H and O–H groups in total. The van der Waals surface area contributed by atoms with Crippen LogP contribution in [-0.4, -0.2) is 12.1 Å². The molecule has 0 aliphatic carbocycles. The minimum Gasteiger partial charge on any atom is -0.349 e. The summed E-state index contributed by atoms with van der Waals surface area (Å²) in [7, 11) is 0. The summed E-state index contributed by atoms with van der Waals surface area (Å²) in [5.74, 6) is -0.199. The molecule has 0 radical (unpaired) electrons. The summed E-state index contributed by atoms with van der Waals surface area (Å²) < 4.78 is 37.2. The van der Waals surface area contributed by atoms with E-state index in [-0.39, 0.29) is 0 Å². The van der Waals surface area contributed by atoms with Gasteiger partial charge in [-0.05, 0) is 11.1 Å². The van der Waals surface area contributed by atoms with Crippen LogP contribution in [0.2, 0.25) is 0 Å². The summed E-state index contributed by atoms with van der Waals surface area (Å²) in [5, 5.41) is 2.30. The van der Waals surface area contributed by atoms with Gasteiger partial charge in [-0.2, -0.15) is 13.2 Å². The monoisotopic (exact) mass is 279 g/mol. The molecule has 0 fully saturated rings. The Bertz CT molecular complexity index is 403. The molecule has 0 bridgehead atoms. The Morgan fingerprint density at radius 1 is 1.33 bits per heavy atom. The number of carbonyl (C=O) groups excluding carboxylic acids is 1. The van der Waals surface area contributed by atoms with E-state index in [4.69, 9.17) is 11.6 Å². The fourth-order valence-electron chi connectivity index (χ4n) is 1.57. The third-order valence-corrected chi connectivity index (χ3v) is 2.66. The Kier molecular flexibility index (Phi) is 5.02. The van der Waals surface area contributed by atoms with Crippen LogP contribution in [-0.2, 0) is 10.7 Å². The zero-order valence-corrected chi connectivity index (χ0v) is 10.5. The number of alkyl halides is 4. The Hall–Kier alpha value is -1.23. The first-order valence-electron chi connectivity index (χ1n) is 5.30. The highest BCUT2D eigenvalue weighted by Gasteiger charge is 2.33. The Morgan fingerprint density at radius 3 is 2.28 bits per heavy atom. The third kappa shape index (κ3) is 4.96. The first-order chi connectivity index (χ1) is 8.31. The molecular weight excluding hydrogens is 267 g/mol. The third-order valence-electron chi connectivity index (χ3n) is 2.35. The molecule has 1 atom stereocenters.